The number of urea groups is 1. The van der Waals surface area contributed by atoms with Crippen LogP contribution in [0.25, 0.3) is 0 Å². The second-order valence-corrected chi connectivity index (χ2v) is 11.7. The number of carbonyl (C=O) groups is 4. The molecule has 2 aliphatic heterocycles. The van der Waals surface area contributed by atoms with Crippen molar-refractivity contribution in [2.75, 3.05) is 19.6 Å². The molecule has 0 unspecified atom stereocenters. The fourth-order valence-corrected chi connectivity index (χ4v) is 5.89. The van der Waals surface area contributed by atoms with Crippen molar-refractivity contribution in [3.63, 3.8) is 0 Å². The van der Waals surface area contributed by atoms with E-state index in [1.54, 1.807) is 4.90 Å². The van der Waals surface area contributed by atoms with Gasteiger partial charge in [-0.25, -0.2) is 4.79 Å². The van der Waals surface area contributed by atoms with E-state index in [1.807, 2.05) is 25.7 Å². The molecule has 0 spiro atoms. The molecule has 3 atom stereocenters. The number of likely N-dealkylation sites (tertiary alicyclic amines) is 2. The van der Waals surface area contributed by atoms with Crippen LogP contribution in [0.4, 0.5) is 4.79 Å². The average molecular weight is 505 g/mol. The molecule has 2 heterocycles. The lowest BCUT2D eigenvalue weighted by Gasteiger charge is -2.35. The maximum absolute atomic E-state index is 13.2. The van der Waals surface area contributed by atoms with Gasteiger partial charge in [-0.1, -0.05) is 46.0 Å². The van der Waals surface area contributed by atoms with Gasteiger partial charge in [0.15, 0.2) is 5.78 Å². The molecule has 8 nitrogen and oxygen atoms in total. The van der Waals surface area contributed by atoms with Crippen molar-refractivity contribution >= 4 is 23.6 Å². The maximum atomic E-state index is 13.2. The summed E-state index contributed by atoms with van der Waals surface area (Å²) in [6, 6.07) is -1.40. The van der Waals surface area contributed by atoms with Crippen molar-refractivity contribution in [3.05, 3.63) is 0 Å². The number of nitrogens with one attached hydrogen (secondary N) is 2. The van der Waals surface area contributed by atoms with Gasteiger partial charge in [0.25, 0.3) is 0 Å². The quantitative estimate of drug-likeness (QED) is 0.521. The number of ketones is 1. The van der Waals surface area contributed by atoms with E-state index in [2.05, 4.69) is 10.6 Å². The molecule has 1 saturated carbocycles. The van der Waals surface area contributed by atoms with E-state index in [1.165, 1.54) is 32.1 Å². The van der Waals surface area contributed by atoms with Crippen LogP contribution >= 0.6 is 0 Å². The minimum Gasteiger partial charge on any atom is -0.344 e. The molecule has 0 aromatic rings. The maximum Gasteiger partial charge on any atom is 0.320 e. The Hall–Kier alpha value is -2.12. The van der Waals surface area contributed by atoms with Crippen LogP contribution in [0, 0.1) is 11.8 Å². The predicted molar refractivity (Wildman–Crippen MR) is 140 cm³/mol. The molecule has 2 N–H and O–H groups in total. The Morgan fingerprint density at radius 1 is 0.944 bits per heavy atom. The van der Waals surface area contributed by atoms with Crippen molar-refractivity contribution in [2.45, 2.75) is 122 Å². The largest absolute Gasteiger partial charge is 0.344 e. The molecule has 2 saturated heterocycles. The van der Waals surface area contributed by atoms with Crippen molar-refractivity contribution in [1.82, 2.24) is 20.4 Å². The Bertz CT molecular complexity index is 759. The summed E-state index contributed by atoms with van der Waals surface area (Å²) >= 11 is 0. The Labute approximate surface area is 217 Å². The Balaban J connectivity index is 1.55. The number of rotatable bonds is 8. The number of nitrogens with zero attached hydrogens (tertiary/aromatic N) is 2. The van der Waals surface area contributed by atoms with E-state index in [0.717, 1.165) is 38.8 Å². The smallest absolute Gasteiger partial charge is 0.320 e. The van der Waals surface area contributed by atoms with Crippen LogP contribution in [0.2, 0.25) is 0 Å². The first-order valence-electron chi connectivity index (χ1n) is 14.4. The van der Waals surface area contributed by atoms with Crippen LogP contribution in [0.15, 0.2) is 0 Å². The van der Waals surface area contributed by atoms with Gasteiger partial charge in [-0.3, -0.25) is 14.4 Å². The zero-order valence-electron chi connectivity index (χ0n) is 22.7. The summed E-state index contributed by atoms with van der Waals surface area (Å²) < 4.78 is 0. The highest BCUT2D eigenvalue weighted by Crippen LogP contribution is 2.27. The van der Waals surface area contributed by atoms with Gasteiger partial charge in [0.05, 0.1) is 12.6 Å². The predicted octanol–water partition coefficient (Wildman–Crippen LogP) is 4.02. The Morgan fingerprint density at radius 3 is 2.28 bits per heavy atom. The fourth-order valence-electron chi connectivity index (χ4n) is 5.89. The normalized spacial score (nSPS) is 24.8. The molecule has 1 aliphatic carbocycles. The van der Waals surface area contributed by atoms with Gasteiger partial charge in [-0.15, -0.1) is 0 Å². The summed E-state index contributed by atoms with van der Waals surface area (Å²) in [5.74, 6) is 0.326. The first kappa shape index (κ1) is 28.5. The Morgan fingerprint density at radius 2 is 1.61 bits per heavy atom. The van der Waals surface area contributed by atoms with E-state index in [0.29, 0.717) is 31.6 Å². The lowest BCUT2D eigenvalue weighted by molar-refractivity contribution is -0.132. The number of hydrogen-bond acceptors (Lipinski definition) is 4. The molecule has 4 amide bonds. The van der Waals surface area contributed by atoms with E-state index in [4.69, 9.17) is 0 Å². The van der Waals surface area contributed by atoms with Crippen LogP contribution in [0.3, 0.4) is 0 Å². The summed E-state index contributed by atoms with van der Waals surface area (Å²) in [5, 5.41) is 5.88. The van der Waals surface area contributed by atoms with E-state index in [-0.39, 0.29) is 42.1 Å². The van der Waals surface area contributed by atoms with Crippen molar-refractivity contribution in [1.29, 1.82) is 0 Å². The zero-order chi connectivity index (χ0) is 26.1. The van der Waals surface area contributed by atoms with Crippen LogP contribution in [0.1, 0.15) is 104 Å². The molecule has 36 heavy (non-hydrogen) atoms. The minimum atomic E-state index is -0.650. The second-order valence-electron chi connectivity index (χ2n) is 11.7. The highest BCUT2D eigenvalue weighted by molar-refractivity contribution is 5.95. The minimum absolute atomic E-state index is 0.0179. The molecule has 3 fully saturated rings. The highest BCUT2D eigenvalue weighted by Gasteiger charge is 2.35. The summed E-state index contributed by atoms with van der Waals surface area (Å²) in [7, 11) is 0. The molecule has 0 radical (unpaired) electrons. The van der Waals surface area contributed by atoms with Gasteiger partial charge < -0.3 is 20.4 Å². The lowest BCUT2D eigenvalue weighted by Crippen LogP contribution is -2.53. The molecule has 0 aromatic heterocycles. The zero-order valence-corrected chi connectivity index (χ0v) is 22.7. The van der Waals surface area contributed by atoms with E-state index < -0.39 is 12.1 Å². The highest BCUT2D eigenvalue weighted by atomic mass is 16.2. The monoisotopic (exact) mass is 504 g/mol. The number of amides is 4. The van der Waals surface area contributed by atoms with Gasteiger partial charge in [0.1, 0.15) is 6.04 Å². The molecule has 3 rings (SSSR count). The SMILES string of the molecule is CC(C)C[C@H](NC(=O)CCC1CCCCC1)C(=O)N[C@H]1CC[C@@H](C)N(C(=O)N2CCCCC2)CC1=O. The third kappa shape index (κ3) is 8.48. The van der Waals surface area contributed by atoms with Gasteiger partial charge >= 0.3 is 6.03 Å². The third-order valence-electron chi connectivity index (χ3n) is 8.17. The standard InChI is InChI=1S/C28H48N4O4/c1-20(2)18-24(29-26(34)15-13-22-10-6-4-7-11-22)27(35)30-23-14-12-21(3)32(19-25(23)33)28(36)31-16-8-5-9-17-31/h20-24H,4-19H2,1-3H3,(H,29,34)(H,30,35)/t21-,23+,24+/m1/s1. The summed E-state index contributed by atoms with van der Waals surface area (Å²) in [6.07, 6.45) is 12.3. The van der Waals surface area contributed by atoms with Crippen LogP contribution in [-0.2, 0) is 14.4 Å². The summed E-state index contributed by atoms with van der Waals surface area (Å²) in [6.45, 7) is 7.53. The molecular formula is C28H48N4O4. The van der Waals surface area contributed by atoms with Crippen molar-refractivity contribution in [2.24, 2.45) is 11.8 Å². The fraction of sp³-hybridized carbons (Fsp3) is 0.857. The summed E-state index contributed by atoms with van der Waals surface area (Å²) in [5.41, 5.74) is 0. The number of Topliss-reactive ketones (excluding diaryl/α,β-unsaturated/α-hetero) is 1. The molecular weight excluding hydrogens is 456 g/mol. The van der Waals surface area contributed by atoms with Gasteiger partial charge in [-0.05, 0) is 63.7 Å². The molecule has 0 aromatic carbocycles. The lowest BCUT2D eigenvalue weighted by atomic mass is 9.86. The molecule has 0 bridgehead atoms. The van der Waals surface area contributed by atoms with Crippen molar-refractivity contribution in [3.8, 4) is 0 Å². The summed E-state index contributed by atoms with van der Waals surface area (Å²) in [4.78, 5) is 55.7. The number of hydrogen-bond donors (Lipinski definition) is 2. The van der Waals surface area contributed by atoms with Gasteiger partial charge in [0.2, 0.25) is 11.8 Å². The van der Waals surface area contributed by atoms with Crippen LogP contribution in [0.5, 0.6) is 0 Å². The molecule has 3 aliphatic rings. The van der Waals surface area contributed by atoms with E-state index in [9.17, 15) is 19.2 Å². The molecule has 8 heteroatoms. The first-order valence-corrected chi connectivity index (χ1v) is 14.4. The number of piperidine rings is 1. The van der Waals surface area contributed by atoms with Gasteiger partial charge in [-0.2, -0.15) is 0 Å². The second kappa shape index (κ2) is 14.0. The van der Waals surface area contributed by atoms with Crippen LogP contribution in [-0.4, -0.2) is 71.2 Å². The molecule has 204 valence electrons. The number of carbonyl (C=O) groups excluding carboxylic acids is 4. The average Bonchev–Trinajstić information content (AvgIpc) is 3.01. The van der Waals surface area contributed by atoms with E-state index >= 15 is 0 Å². The van der Waals surface area contributed by atoms with Gasteiger partial charge in [0, 0.05) is 25.6 Å². The first-order chi connectivity index (χ1) is 17.2. The third-order valence-corrected chi connectivity index (χ3v) is 8.17. The topological polar surface area (TPSA) is 98.8 Å². The van der Waals surface area contributed by atoms with Crippen LogP contribution < -0.4 is 10.6 Å². The van der Waals surface area contributed by atoms with Crippen molar-refractivity contribution < 1.29 is 19.2 Å². The Kier molecular flexibility index (Phi) is 11.1.